The second-order valence-corrected chi connectivity index (χ2v) is 6.80. The number of hydrogen-bond donors (Lipinski definition) is 0. The Balaban J connectivity index is 1.50. The Bertz CT molecular complexity index is 896. The third-order valence-electron chi connectivity index (χ3n) is 4.91. The Morgan fingerprint density at radius 2 is 2.16 bits per heavy atom. The van der Waals surface area contributed by atoms with E-state index in [0.29, 0.717) is 6.42 Å². The first-order chi connectivity index (χ1) is 12.2. The van der Waals surface area contributed by atoms with Gasteiger partial charge in [-0.15, -0.1) is 0 Å². The van der Waals surface area contributed by atoms with Gasteiger partial charge in [0.25, 0.3) is 0 Å². The molecule has 1 aromatic carbocycles. The molecular formula is C20H22N4O. The van der Waals surface area contributed by atoms with Gasteiger partial charge in [0.2, 0.25) is 5.91 Å². The predicted octanol–water partition coefficient (Wildman–Crippen LogP) is 3.15. The zero-order valence-corrected chi connectivity index (χ0v) is 14.4. The quantitative estimate of drug-likeness (QED) is 0.739. The normalized spacial score (nSPS) is 17.8. The third kappa shape index (κ3) is 3.27. The van der Waals surface area contributed by atoms with Crippen molar-refractivity contribution in [2.45, 2.75) is 32.2 Å². The highest BCUT2D eigenvalue weighted by Gasteiger charge is 2.25. The van der Waals surface area contributed by atoms with E-state index in [1.54, 1.807) is 6.20 Å². The Labute approximate surface area is 147 Å². The maximum atomic E-state index is 12.9. The average Bonchev–Trinajstić information content (AvgIpc) is 3.09. The highest BCUT2D eigenvalue weighted by molar-refractivity contribution is 5.87. The summed E-state index contributed by atoms with van der Waals surface area (Å²) in [6.07, 6.45) is 8.21. The van der Waals surface area contributed by atoms with Crippen LogP contribution in [-0.2, 0) is 11.2 Å². The third-order valence-corrected chi connectivity index (χ3v) is 4.91. The highest BCUT2D eigenvalue weighted by atomic mass is 16.2. The Kier molecular flexibility index (Phi) is 4.22. The van der Waals surface area contributed by atoms with Gasteiger partial charge in [-0.05, 0) is 37.0 Å². The van der Waals surface area contributed by atoms with Gasteiger partial charge in [-0.3, -0.25) is 14.5 Å². The number of para-hydroxylation sites is 1. The number of fused-ring (bicyclic) bond motifs is 1. The fourth-order valence-corrected chi connectivity index (χ4v) is 3.61. The smallest absolute Gasteiger partial charge is 0.227 e. The fourth-order valence-electron chi connectivity index (χ4n) is 3.61. The molecule has 5 heteroatoms. The number of aromatic nitrogens is 3. The van der Waals surface area contributed by atoms with Gasteiger partial charge >= 0.3 is 0 Å². The van der Waals surface area contributed by atoms with E-state index in [4.69, 9.17) is 0 Å². The fraction of sp³-hybridized carbons (Fsp3) is 0.350. The summed E-state index contributed by atoms with van der Waals surface area (Å²) in [6.45, 7) is 3.61. The molecule has 0 aliphatic carbocycles. The summed E-state index contributed by atoms with van der Waals surface area (Å²) in [7, 11) is 0. The maximum Gasteiger partial charge on any atom is 0.227 e. The van der Waals surface area contributed by atoms with Crippen molar-refractivity contribution < 1.29 is 4.79 Å². The molecule has 0 bridgehead atoms. The minimum Gasteiger partial charge on any atom is -0.340 e. The van der Waals surface area contributed by atoms with E-state index in [1.165, 1.54) is 0 Å². The first-order valence-electron chi connectivity index (χ1n) is 8.82. The predicted molar refractivity (Wildman–Crippen MR) is 97.3 cm³/mol. The monoisotopic (exact) mass is 334 g/mol. The lowest BCUT2D eigenvalue weighted by atomic mass is 10.0. The zero-order valence-electron chi connectivity index (χ0n) is 14.4. The Morgan fingerprint density at radius 1 is 1.28 bits per heavy atom. The Morgan fingerprint density at radius 3 is 3.00 bits per heavy atom. The molecule has 1 aliphatic rings. The number of piperidine rings is 1. The number of aryl methyl sites for hydroxylation is 1. The van der Waals surface area contributed by atoms with Gasteiger partial charge in [0, 0.05) is 30.9 Å². The summed E-state index contributed by atoms with van der Waals surface area (Å²) < 4.78 is 2.01. The van der Waals surface area contributed by atoms with Crippen molar-refractivity contribution in [1.29, 1.82) is 0 Å². The van der Waals surface area contributed by atoms with Crippen LogP contribution in [0, 0.1) is 6.92 Å². The first kappa shape index (κ1) is 15.8. The molecule has 5 nitrogen and oxygen atoms in total. The van der Waals surface area contributed by atoms with Gasteiger partial charge in [0.05, 0.1) is 24.2 Å². The molecule has 2 aromatic heterocycles. The van der Waals surface area contributed by atoms with Crippen molar-refractivity contribution in [3.8, 4) is 0 Å². The van der Waals surface area contributed by atoms with E-state index in [2.05, 4.69) is 16.3 Å². The molecule has 0 N–H and O–H groups in total. The number of benzene rings is 1. The van der Waals surface area contributed by atoms with Crippen molar-refractivity contribution in [2.24, 2.45) is 0 Å². The lowest BCUT2D eigenvalue weighted by Gasteiger charge is -2.33. The first-order valence-corrected chi connectivity index (χ1v) is 8.82. The van der Waals surface area contributed by atoms with E-state index in [9.17, 15) is 4.79 Å². The molecule has 3 heterocycles. The molecule has 1 saturated heterocycles. The second kappa shape index (κ2) is 6.67. The molecule has 0 spiro atoms. The van der Waals surface area contributed by atoms with Crippen molar-refractivity contribution >= 4 is 16.8 Å². The van der Waals surface area contributed by atoms with Crippen LogP contribution in [0.25, 0.3) is 10.9 Å². The standard InChI is InChI=1S/C20H22N4O/c1-15-12-22-24(13-15)18-8-4-10-23(14-18)19(25)11-17-6-2-5-16-7-3-9-21-20(16)17/h2-3,5-7,9,12-13,18H,4,8,10-11,14H2,1H3/t18-/m1/s1. The van der Waals surface area contributed by atoms with Crippen LogP contribution in [0.5, 0.6) is 0 Å². The SMILES string of the molecule is Cc1cnn([C@@H]2CCCN(C(=O)Cc3cccc4cccnc34)C2)c1. The molecule has 3 aromatic rings. The van der Waals surface area contributed by atoms with E-state index >= 15 is 0 Å². The minimum absolute atomic E-state index is 0.173. The van der Waals surface area contributed by atoms with Gasteiger partial charge in [-0.2, -0.15) is 5.10 Å². The number of pyridine rings is 1. The minimum atomic E-state index is 0.173. The summed E-state index contributed by atoms with van der Waals surface area (Å²) >= 11 is 0. The van der Waals surface area contributed by atoms with Crippen molar-refractivity contribution in [3.05, 3.63) is 60.0 Å². The Hall–Kier alpha value is -2.69. The van der Waals surface area contributed by atoms with Crippen molar-refractivity contribution in [1.82, 2.24) is 19.7 Å². The van der Waals surface area contributed by atoms with Gasteiger partial charge in [0.15, 0.2) is 0 Å². The van der Waals surface area contributed by atoms with Gasteiger partial charge in [0.1, 0.15) is 0 Å². The summed E-state index contributed by atoms with van der Waals surface area (Å²) in [5.74, 6) is 0.173. The lowest BCUT2D eigenvalue weighted by Crippen LogP contribution is -2.41. The molecule has 1 atom stereocenters. The van der Waals surface area contributed by atoms with Crippen LogP contribution in [0.1, 0.15) is 30.0 Å². The molecule has 128 valence electrons. The average molecular weight is 334 g/mol. The van der Waals surface area contributed by atoms with Crippen LogP contribution in [0.4, 0.5) is 0 Å². The van der Waals surface area contributed by atoms with Crippen molar-refractivity contribution in [2.75, 3.05) is 13.1 Å². The lowest BCUT2D eigenvalue weighted by molar-refractivity contribution is -0.132. The van der Waals surface area contributed by atoms with Crippen molar-refractivity contribution in [3.63, 3.8) is 0 Å². The van der Waals surface area contributed by atoms with Crippen LogP contribution in [0.3, 0.4) is 0 Å². The number of rotatable bonds is 3. The molecular weight excluding hydrogens is 312 g/mol. The summed E-state index contributed by atoms with van der Waals surface area (Å²) in [6, 6.07) is 10.3. The number of carbonyl (C=O) groups excluding carboxylic acids is 1. The molecule has 0 unspecified atom stereocenters. The van der Waals surface area contributed by atoms with Crippen LogP contribution >= 0.6 is 0 Å². The van der Waals surface area contributed by atoms with E-state index in [1.807, 2.05) is 53.0 Å². The molecule has 1 fully saturated rings. The molecule has 0 radical (unpaired) electrons. The molecule has 4 rings (SSSR count). The summed E-state index contributed by atoms with van der Waals surface area (Å²) in [5, 5.41) is 5.51. The molecule has 1 amide bonds. The van der Waals surface area contributed by atoms with Gasteiger partial charge < -0.3 is 4.90 Å². The number of likely N-dealkylation sites (tertiary alicyclic amines) is 1. The number of nitrogens with zero attached hydrogens (tertiary/aromatic N) is 4. The van der Waals surface area contributed by atoms with Crippen LogP contribution in [0.2, 0.25) is 0 Å². The largest absolute Gasteiger partial charge is 0.340 e. The van der Waals surface area contributed by atoms with Gasteiger partial charge in [-0.25, -0.2) is 0 Å². The van der Waals surface area contributed by atoms with Crippen LogP contribution < -0.4 is 0 Å². The summed E-state index contributed by atoms with van der Waals surface area (Å²) in [4.78, 5) is 19.3. The number of hydrogen-bond acceptors (Lipinski definition) is 3. The number of amides is 1. The van der Waals surface area contributed by atoms with Crippen LogP contribution in [0.15, 0.2) is 48.9 Å². The van der Waals surface area contributed by atoms with E-state index < -0.39 is 0 Å². The van der Waals surface area contributed by atoms with Gasteiger partial charge in [-0.1, -0.05) is 24.3 Å². The highest BCUT2D eigenvalue weighted by Crippen LogP contribution is 2.23. The molecule has 1 aliphatic heterocycles. The van der Waals surface area contributed by atoms with E-state index in [-0.39, 0.29) is 11.9 Å². The summed E-state index contributed by atoms with van der Waals surface area (Å²) in [5.41, 5.74) is 3.08. The van der Waals surface area contributed by atoms with E-state index in [0.717, 1.165) is 48.0 Å². The zero-order chi connectivity index (χ0) is 17.2. The second-order valence-electron chi connectivity index (χ2n) is 6.80. The maximum absolute atomic E-state index is 12.9. The molecule has 25 heavy (non-hydrogen) atoms. The topological polar surface area (TPSA) is 51.0 Å². The molecule has 0 saturated carbocycles. The number of carbonyl (C=O) groups is 1. The van der Waals surface area contributed by atoms with Crippen LogP contribution in [-0.4, -0.2) is 38.7 Å².